The molecule has 8 heteroatoms. The monoisotopic (exact) mass is 537 g/mol. The zero-order valence-electron chi connectivity index (χ0n) is 22.4. The molecule has 1 unspecified atom stereocenters. The lowest BCUT2D eigenvalue weighted by Crippen LogP contribution is -2.42. The van der Waals surface area contributed by atoms with Gasteiger partial charge in [0.15, 0.2) is 0 Å². The SMILES string of the molecule is CC(C)(C)OC(=O)N1CCCC(c2ccc3c(c2)N(c2cccc(Cl)c2C(N)=O)C(=O)C32CCCCC2)C1. The molecule has 2 aromatic carbocycles. The number of halogens is 1. The number of anilines is 2. The maximum absolute atomic E-state index is 14.2. The van der Waals surface area contributed by atoms with E-state index in [0.717, 1.165) is 61.8 Å². The Hall–Kier alpha value is -3.06. The van der Waals surface area contributed by atoms with Crippen molar-refractivity contribution in [3.05, 3.63) is 58.1 Å². The maximum atomic E-state index is 14.2. The molecule has 0 aromatic heterocycles. The molecular weight excluding hydrogens is 502 g/mol. The molecule has 1 aliphatic carbocycles. The lowest BCUT2D eigenvalue weighted by molar-refractivity contribution is -0.123. The summed E-state index contributed by atoms with van der Waals surface area (Å²) in [6, 6.07) is 11.4. The summed E-state index contributed by atoms with van der Waals surface area (Å²) >= 11 is 6.41. The second-order valence-electron chi connectivity index (χ2n) is 11.8. The van der Waals surface area contributed by atoms with Gasteiger partial charge in [0.25, 0.3) is 5.91 Å². The maximum Gasteiger partial charge on any atom is 0.410 e. The van der Waals surface area contributed by atoms with Crippen LogP contribution in [-0.4, -0.2) is 41.5 Å². The average molecular weight is 538 g/mol. The summed E-state index contributed by atoms with van der Waals surface area (Å²) in [5.74, 6) is -0.578. The van der Waals surface area contributed by atoms with E-state index in [-0.39, 0.29) is 28.5 Å². The zero-order valence-corrected chi connectivity index (χ0v) is 23.1. The molecule has 2 fully saturated rings. The van der Waals surface area contributed by atoms with Gasteiger partial charge in [-0.05, 0) is 75.8 Å². The van der Waals surface area contributed by atoms with E-state index < -0.39 is 16.9 Å². The molecule has 1 saturated heterocycles. The van der Waals surface area contributed by atoms with Gasteiger partial charge in [-0.1, -0.05) is 49.1 Å². The van der Waals surface area contributed by atoms with Crippen LogP contribution in [0.2, 0.25) is 5.02 Å². The largest absolute Gasteiger partial charge is 0.444 e. The van der Waals surface area contributed by atoms with Crippen molar-refractivity contribution in [2.75, 3.05) is 18.0 Å². The molecule has 38 heavy (non-hydrogen) atoms. The summed E-state index contributed by atoms with van der Waals surface area (Å²) < 4.78 is 5.62. The first-order valence-corrected chi connectivity index (χ1v) is 13.9. The van der Waals surface area contributed by atoms with E-state index in [2.05, 4.69) is 18.2 Å². The highest BCUT2D eigenvalue weighted by Gasteiger charge is 2.52. The van der Waals surface area contributed by atoms with E-state index in [9.17, 15) is 14.4 Å². The van der Waals surface area contributed by atoms with Crippen LogP contribution in [-0.2, 0) is 14.9 Å². The molecule has 1 saturated carbocycles. The average Bonchev–Trinajstić information content (AvgIpc) is 3.10. The van der Waals surface area contributed by atoms with Gasteiger partial charge in [-0.3, -0.25) is 14.5 Å². The molecule has 202 valence electrons. The van der Waals surface area contributed by atoms with Crippen LogP contribution < -0.4 is 10.6 Å². The van der Waals surface area contributed by atoms with Gasteiger partial charge >= 0.3 is 6.09 Å². The fourth-order valence-corrected chi connectivity index (χ4v) is 6.66. The molecule has 2 N–H and O–H groups in total. The molecule has 0 radical (unpaired) electrons. The normalized spacial score (nSPS) is 20.9. The van der Waals surface area contributed by atoms with Crippen molar-refractivity contribution in [2.45, 2.75) is 82.7 Å². The molecule has 0 bridgehead atoms. The van der Waals surface area contributed by atoms with Crippen molar-refractivity contribution in [2.24, 2.45) is 5.73 Å². The Labute approximate surface area is 229 Å². The van der Waals surface area contributed by atoms with Gasteiger partial charge in [0.05, 0.1) is 27.4 Å². The minimum atomic E-state index is -0.666. The van der Waals surface area contributed by atoms with Crippen molar-refractivity contribution < 1.29 is 19.1 Å². The first-order valence-electron chi connectivity index (χ1n) is 13.6. The Balaban J connectivity index is 1.56. The number of ether oxygens (including phenoxy) is 1. The van der Waals surface area contributed by atoms with Crippen LogP contribution in [0, 0.1) is 0 Å². The van der Waals surface area contributed by atoms with Crippen molar-refractivity contribution in [1.29, 1.82) is 0 Å². The number of nitrogens with zero attached hydrogens (tertiary/aromatic N) is 2. The smallest absolute Gasteiger partial charge is 0.410 e. The number of primary amides is 1. The molecule has 2 aromatic rings. The predicted molar refractivity (Wildman–Crippen MR) is 148 cm³/mol. The van der Waals surface area contributed by atoms with Crippen LogP contribution in [0.25, 0.3) is 0 Å². The number of amides is 3. The van der Waals surface area contributed by atoms with E-state index in [1.54, 1.807) is 28.0 Å². The fourth-order valence-electron chi connectivity index (χ4n) is 6.39. The van der Waals surface area contributed by atoms with Crippen LogP contribution in [0.3, 0.4) is 0 Å². The standard InChI is InChI=1S/C30H36ClN3O4/c1-29(2,3)38-28(37)33-16-8-9-20(18-33)19-12-13-21-24(17-19)34(27(36)30(21)14-5-4-6-15-30)23-11-7-10-22(31)25(23)26(32)35/h7,10-13,17,20H,4-6,8-9,14-16,18H2,1-3H3,(H2,32,35). The lowest BCUT2D eigenvalue weighted by Gasteiger charge is -2.34. The first-order chi connectivity index (χ1) is 18.0. The topological polar surface area (TPSA) is 92.9 Å². The Morgan fingerprint density at radius 3 is 2.47 bits per heavy atom. The fraction of sp³-hybridized carbons (Fsp3) is 0.500. The third-order valence-electron chi connectivity index (χ3n) is 8.12. The highest BCUT2D eigenvalue weighted by atomic mass is 35.5. The van der Waals surface area contributed by atoms with Crippen LogP contribution >= 0.6 is 11.6 Å². The molecule has 2 aliphatic heterocycles. The summed E-state index contributed by atoms with van der Waals surface area (Å²) in [7, 11) is 0. The molecule has 1 atom stereocenters. The lowest BCUT2D eigenvalue weighted by atomic mass is 9.70. The Morgan fingerprint density at radius 2 is 1.79 bits per heavy atom. The quantitative estimate of drug-likeness (QED) is 0.488. The molecule has 5 rings (SSSR count). The minimum absolute atomic E-state index is 0.0202. The molecular formula is C30H36ClN3O4. The summed E-state index contributed by atoms with van der Waals surface area (Å²) in [5.41, 5.74) is 8.00. The number of nitrogens with two attached hydrogens (primary N) is 1. The summed E-state index contributed by atoms with van der Waals surface area (Å²) in [6.45, 7) is 6.83. The van der Waals surface area contributed by atoms with Crippen molar-refractivity contribution in [3.8, 4) is 0 Å². The molecule has 1 spiro atoms. The Bertz CT molecular complexity index is 1280. The Kier molecular flexibility index (Phi) is 6.93. The summed E-state index contributed by atoms with van der Waals surface area (Å²) in [4.78, 5) is 42.9. The van der Waals surface area contributed by atoms with E-state index in [0.29, 0.717) is 18.8 Å². The van der Waals surface area contributed by atoms with E-state index >= 15 is 0 Å². The third kappa shape index (κ3) is 4.66. The summed E-state index contributed by atoms with van der Waals surface area (Å²) in [5, 5.41) is 0.227. The van der Waals surface area contributed by atoms with Crippen LogP contribution in [0.1, 0.15) is 93.1 Å². The number of rotatable bonds is 3. The van der Waals surface area contributed by atoms with Crippen LogP contribution in [0.5, 0.6) is 0 Å². The van der Waals surface area contributed by atoms with Gasteiger partial charge in [-0.15, -0.1) is 0 Å². The number of hydrogen-bond donors (Lipinski definition) is 1. The first kappa shape index (κ1) is 26.5. The number of benzene rings is 2. The van der Waals surface area contributed by atoms with E-state index in [1.165, 1.54) is 0 Å². The van der Waals surface area contributed by atoms with Gasteiger partial charge < -0.3 is 15.4 Å². The highest BCUT2D eigenvalue weighted by molar-refractivity contribution is 6.35. The van der Waals surface area contributed by atoms with Gasteiger partial charge in [-0.25, -0.2) is 4.79 Å². The van der Waals surface area contributed by atoms with Crippen LogP contribution in [0.4, 0.5) is 16.2 Å². The van der Waals surface area contributed by atoms with Crippen molar-refractivity contribution in [1.82, 2.24) is 4.90 Å². The second kappa shape index (κ2) is 9.92. The molecule has 7 nitrogen and oxygen atoms in total. The minimum Gasteiger partial charge on any atom is -0.444 e. The number of fused-ring (bicyclic) bond motifs is 2. The number of hydrogen-bond acceptors (Lipinski definition) is 4. The highest BCUT2D eigenvalue weighted by Crippen LogP contribution is 2.54. The van der Waals surface area contributed by atoms with Crippen LogP contribution in [0.15, 0.2) is 36.4 Å². The number of carbonyl (C=O) groups is 3. The predicted octanol–water partition coefficient (Wildman–Crippen LogP) is 6.43. The zero-order chi connectivity index (χ0) is 27.2. The Morgan fingerprint density at radius 1 is 1.05 bits per heavy atom. The molecule has 3 aliphatic rings. The van der Waals surface area contributed by atoms with E-state index in [1.807, 2.05) is 20.8 Å². The number of piperidine rings is 1. The number of carbonyl (C=O) groups excluding carboxylic acids is 3. The van der Waals surface area contributed by atoms with Crippen molar-refractivity contribution in [3.63, 3.8) is 0 Å². The number of likely N-dealkylation sites (tertiary alicyclic amines) is 1. The van der Waals surface area contributed by atoms with Gasteiger partial charge in [0, 0.05) is 19.0 Å². The third-order valence-corrected chi connectivity index (χ3v) is 8.44. The van der Waals surface area contributed by atoms with Crippen molar-refractivity contribution >= 4 is 40.9 Å². The van der Waals surface area contributed by atoms with Gasteiger partial charge in [-0.2, -0.15) is 0 Å². The molecule has 3 amide bonds. The summed E-state index contributed by atoms with van der Waals surface area (Å²) in [6.07, 6.45) is 6.11. The second-order valence-corrected chi connectivity index (χ2v) is 12.2. The van der Waals surface area contributed by atoms with E-state index in [4.69, 9.17) is 22.1 Å². The van der Waals surface area contributed by atoms with Gasteiger partial charge in [0.1, 0.15) is 5.60 Å². The molecule has 2 heterocycles. The van der Waals surface area contributed by atoms with Gasteiger partial charge in [0.2, 0.25) is 5.91 Å².